The Morgan fingerprint density at radius 3 is 1.01 bits per heavy atom. The van der Waals surface area contributed by atoms with Gasteiger partial charge in [0.25, 0.3) is 0 Å². The molecule has 0 spiro atoms. The van der Waals surface area contributed by atoms with Crippen LogP contribution in [0.4, 0.5) is 0 Å². The summed E-state index contributed by atoms with van der Waals surface area (Å²) in [4.78, 5) is 38.1. The number of ether oxygens (including phenoxy) is 1. The number of carbonyl (C=O) groups is 2. The Bertz CT molecular complexity index is 1820. The number of esters is 1. The average Bonchev–Trinajstić information content (AvgIpc) is 2.15. The highest BCUT2D eigenvalue weighted by molar-refractivity contribution is 7.47. The molecule has 3 unspecified atom stereocenters. The van der Waals surface area contributed by atoms with Gasteiger partial charge < -0.3 is 19.4 Å². The predicted molar refractivity (Wildman–Crippen MR) is 406 cm³/mol. The molecule has 0 aliphatic carbocycles. The van der Waals surface area contributed by atoms with Crippen molar-refractivity contribution in [1.82, 2.24) is 5.32 Å². The molecule has 544 valence electrons. The zero-order valence-corrected chi connectivity index (χ0v) is 63.4. The van der Waals surface area contributed by atoms with Crippen molar-refractivity contribution in [2.75, 3.05) is 40.9 Å². The fourth-order valence-electron chi connectivity index (χ4n) is 11.9. The number of carbonyl (C=O) groups excluding carboxylic acids is 2. The number of hydrogen-bond donors (Lipinski definition) is 2. The number of rotatable bonds is 74. The highest BCUT2D eigenvalue weighted by Crippen LogP contribution is 2.43. The maximum absolute atomic E-state index is 13.7. The van der Waals surface area contributed by atoms with Gasteiger partial charge in [-0.25, -0.2) is 4.57 Å². The molecule has 0 saturated heterocycles. The monoisotopic (exact) mass is 1320 g/mol. The van der Waals surface area contributed by atoms with E-state index in [9.17, 15) is 19.0 Å². The SMILES string of the molecule is CCCCC/C=C\C/C=C\C/C=C\C/C=C\CCCCCCCCCCCCCC(=O)OC(/C=C/CCCCCCCCCCCCC)C(COP(=O)(O)OCC[N+](C)(C)C)NC(=O)CCCCCCCCCCCCCCCCCCC/C=C/CCCCCCCC. The second-order valence-corrected chi connectivity index (χ2v) is 30.0. The van der Waals surface area contributed by atoms with Crippen molar-refractivity contribution in [1.29, 1.82) is 0 Å². The molecule has 0 aliphatic rings. The lowest BCUT2D eigenvalue weighted by Crippen LogP contribution is -2.47. The quantitative estimate of drug-likeness (QED) is 0.0205. The maximum Gasteiger partial charge on any atom is 0.472 e. The molecular formula is C83H156N2O7P+. The molecule has 0 aromatic rings. The van der Waals surface area contributed by atoms with Gasteiger partial charge in [0.15, 0.2) is 0 Å². The molecule has 10 heteroatoms. The van der Waals surface area contributed by atoms with Crippen molar-refractivity contribution >= 4 is 19.7 Å². The van der Waals surface area contributed by atoms with Gasteiger partial charge in [0.05, 0.1) is 33.8 Å². The van der Waals surface area contributed by atoms with Gasteiger partial charge in [-0.1, -0.05) is 351 Å². The summed E-state index contributed by atoms with van der Waals surface area (Å²) in [5.41, 5.74) is 0. The minimum absolute atomic E-state index is 0.0399. The summed E-state index contributed by atoms with van der Waals surface area (Å²) in [6.07, 6.45) is 96.5. The van der Waals surface area contributed by atoms with Crippen molar-refractivity contribution in [2.45, 2.75) is 405 Å². The molecule has 0 rings (SSSR count). The van der Waals surface area contributed by atoms with Gasteiger partial charge in [0, 0.05) is 12.8 Å². The van der Waals surface area contributed by atoms with Gasteiger partial charge in [-0.3, -0.25) is 18.6 Å². The molecule has 0 radical (unpaired) electrons. The molecule has 93 heavy (non-hydrogen) atoms. The van der Waals surface area contributed by atoms with E-state index in [0.717, 1.165) is 77.0 Å². The van der Waals surface area contributed by atoms with Gasteiger partial charge in [-0.15, -0.1) is 0 Å². The summed E-state index contributed by atoms with van der Waals surface area (Å²) < 4.78 is 31.0. The molecule has 1 amide bonds. The summed E-state index contributed by atoms with van der Waals surface area (Å²) >= 11 is 0. The summed E-state index contributed by atoms with van der Waals surface area (Å²) in [5.74, 6) is -0.491. The minimum Gasteiger partial charge on any atom is -0.456 e. The molecule has 0 saturated carbocycles. The lowest BCUT2D eigenvalue weighted by atomic mass is 10.0. The average molecular weight is 1330 g/mol. The van der Waals surface area contributed by atoms with Crippen molar-refractivity contribution in [3.63, 3.8) is 0 Å². The second-order valence-electron chi connectivity index (χ2n) is 28.6. The number of phosphoric ester groups is 1. The number of unbranched alkanes of at least 4 members (excludes halogenated alkanes) is 48. The third-order valence-corrected chi connectivity index (χ3v) is 19.1. The van der Waals surface area contributed by atoms with Crippen LogP contribution in [0.5, 0.6) is 0 Å². The topological polar surface area (TPSA) is 111 Å². The first kappa shape index (κ1) is 90.5. The van der Waals surface area contributed by atoms with Crippen LogP contribution in [0, 0.1) is 0 Å². The summed E-state index contributed by atoms with van der Waals surface area (Å²) in [5, 5.41) is 3.09. The third kappa shape index (κ3) is 73.5. The van der Waals surface area contributed by atoms with Crippen LogP contribution in [0.15, 0.2) is 72.9 Å². The molecule has 3 atom stereocenters. The predicted octanol–water partition coefficient (Wildman–Crippen LogP) is 26.2. The van der Waals surface area contributed by atoms with E-state index in [1.807, 2.05) is 27.2 Å². The first-order chi connectivity index (χ1) is 45.4. The highest BCUT2D eigenvalue weighted by Gasteiger charge is 2.30. The summed E-state index contributed by atoms with van der Waals surface area (Å²) in [7, 11) is 1.51. The number of nitrogens with zero attached hydrogens (tertiary/aromatic N) is 1. The fraction of sp³-hybridized carbons (Fsp3) is 0.831. The van der Waals surface area contributed by atoms with Gasteiger partial charge in [-0.05, 0) is 102 Å². The van der Waals surface area contributed by atoms with E-state index in [0.29, 0.717) is 17.4 Å². The molecule has 0 aliphatic heterocycles. The Labute approximate surface area is 578 Å². The van der Waals surface area contributed by atoms with E-state index in [2.05, 4.69) is 92.9 Å². The van der Waals surface area contributed by atoms with E-state index in [4.69, 9.17) is 13.8 Å². The molecule has 0 bridgehead atoms. The van der Waals surface area contributed by atoms with Gasteiger partial charge >= 0.3 is 13.8 Å². The third-order valence-electron chi connectivity index (χ3n) is 18.1. The van der Waals surface area contributed by atoms with E-state index in [1.54, 1.807) is 0 Å². The van der Waals surface area contributed by atoms with Gasteiger partial charge in [0.2, 0.25) is 5.91 Å². The van der Waals surface area contributed by atoms with Gasteiger partial charge in [-0.2, -0.15) is 0 Å². The van der Waals surface area contributed by atoms with Crippen molar-refractivity contribution in [3.05, 3.63) is 72.9 Å². The van der Waals surface area contributed by atoms with Crippen LogP contribution in [0.2, 0.25) is 0 Å². The lowest BCUT2D eigenvalue weighted by molar-refractivity contribution is -0.870. The molecule has 0 fully saturated rings. The highest BCUT2D eigenvalue weighted by atomic mass is 31.2. The maximum atomic E-state index is 13.7. The Hall–Kier alpha value is -2.55. The Balaban J connectivity index is 4.95. The molecule has 0 heterocycles. The molecular weight excluding hydrogens is 1170 g/mol. The number of phosphoric acid groups is 1. The van der Waals surface area contributed by atoms with E-state index < -0.39 is 20.0 Å². The number of nitrogens with one attached hydrogen (secondary N) is 1. The largest absolute Gasteiger partial charge is 0.472 e. The van der Waals surface area contributed by atoms with Crippen LogP contribution in [0.3, 0.4) is 0 Å². The number of quaternary nitrogens is 1. The van der Waals surface area contributed by atoms with Crippen molar-refractivity contribution < 1.29 is 37.3 Å². The van der Waals surface area contributed by atoms with Crippen LogP contribution < -0.4 is 5.32 Å². The molecule has 9 nitrogen and oxygen atoms in total. The smallest absolute Gasteiger partial charge is 0.456 e. The van der Waals surface area contributed by atoms with Crippen LogP contribution in [0.25, 0.3) is 0 Å². The van der Waals surface area contributed by atoms with Crippen molar-refractivity contribution in [3.8, 4) is 0 Å². The van der Waals surface area contributed by atoms with Crippen LogP contribution in [-0.2, 0) is 27.9 Å². The first-order valence-electron chi connectivity index (χ1n) is 40.3. The molecule has 0 aromatic heterocycles. The summed E-state index contributed by atoms with van der Waals surface area (Å²) in [6.45, 7) is 7.04. The Morgan fingerprint density at radius 1 is 0.376 bits per heavy atom. The Morgan fingerprint density at radius 2 is 0.656 bits per heavy atom. The second kappa shape index (κ2) is 72.2. The van der Waals surface area contributed by atoms with E-state index in [1.165, 1.54) is 283 Å². The van der Waals surface area contributed by atoms with Crippen LogP contribution >= 0.6 is 7.82 Å². The lowest BCUT2D eigenvalue weighted by Gasteiger charge is -2.27. The number of likely N-dealkylation sites (N-methyl/N-ethyl adjacent to an activating group) is 1. The van der Waals surface area contributed by atoms with Crippen LogP contribution in [0.1, 0.15) is 393 Å². The number of hydrogen-bond acceptors (Lipinski definition) is 6. The van der Waals surface area contributed by atoms with Crippen molar-refractivity contribution in [2.24, 2.45) is 0 Å². The molecule has 2 N–H and O–H groups in total. The Kier molecular flexibility index (Phi) is 70.2. The van der Waals surface area contributed by atoms with Crippen LogP contribution in [-0.4, -0.2) is 74.3 Å². The van der Waals surface area contributed by atoms with Gasteiger partial charge in [0.1, 0.15) is 19.3 Å². The normalized spacial score (nSPS) is 13.8. The zero-order valence-electron chi connectivity index (χ0n) is 62.5. The zero-order chi connectivity index (χ0) is 67.8. The number of amides is 1. The number of allylic oxidation sites excluding steroid dienone is 11. The van der Waals surface area contributed by atoms with E-state index in [-0.39, 0.29) is 31.5 Å². The van der Waals surface area contributed by atoms with E-state index >= 15 is 0 Å². The fourth-order valence-corrected chi connectivity index (χ4v) is 12.7. The molecule has 0 aromatic carbocycles. The standard InChI is InChI=1S/C83H155N2O7P/c1-7-10-13-16-19-22-25-28-30-32-34-36-38-40-42-44-46-48-50-52-54-57-60-63-66-69-72-75-82(86)84-80(79-91-93(88,89)90-78-77-85(4,5)6)81(74-71-68-65-62-59-56-27-24-21-18-15-12-9-3)92-83(87)76-73-70-67-64-61-58-55-53-51-49-47-45-43-41-39-37-35-33-31-29-26-23-20-17-14-11-8-2/h20,23,28-31,35,37,41,43,71,74,80-81H,7-19,21-22,24-27,32-34,36,38-40,42,44-70,72-73,75-79H2,1-6H3,(H-,84,86,88,89)/p+1/b23-20-,30-28+,31-29-,37-35-,43-41-,74-71+. The summed E-state index contributed by atoms with van der Waals surface area (Å²) in [6, 6.07) is -0.852. The first-order valence-corrected chi connectivity index (χ1v) is 41.8. The minimum atomic E-state index is -4.46.